The molecular formula is C10H21N3O. The molecule has 0 amide bonds. The number of rotatable bonds is 4. The second-order valence-corrected chi connectivity index (χ2v) is 4.30. The van der Waals surface area contributed by atoms with Gasteiger partial charge < -0.3 is 10.5 Å². The second kappa shape index (κ2) is 4.64. The summed E-state index contributed by atoms with van der Waals surface area (Å²) in [5.74, 6) is 0. The molecule has 14 heavy (non-hydrogen) atoms. The highest BCUT2D eigenvalue weighted by Crippen LogP contribution is 2.10. The summed E-state index contributed by atoms with van der Waals surface area (Å²) >= 11 is 0. The molecule has 0 aromatic rings. The van der Waals surface area contributed by atoms with Crippen LogP contribution in [0.5, 0.6) is 0 Å². The Hall–Kier alpha value is -0.770. The molecule has 1 unspecified atom stereocenters. The zero-order chi connectivity index (χ0) is 10.7. The first kappa shape index (κ1) is 11.3. The van der Waals surface area contributed by atoms with E-state index in [-0.39, 0.29) is 6.10 Å². The Morgan fingerprint density at radius 2 is 2.00 bits per heavy atom. The van der Waals surface area contributed by atoms with Gasteiger partial charge in [-0.05, 0) is 27.7 Å². The van der Waals surface area contributed by atoms with Gasteiger partial charge >= 0.3 is 0 Å². The van der Waals surface area contributed by atoms with Crippen LogP contribution >= 0.6 is 0 Å². The number of nitrogens with zero attached hydrogens (tertiary/aromatic N) is 2. The monoisotopic (exact) mass is 199 g/mol. The molecule has 4 heteroatoms. The average molecular weight is 199 g/mol. The van der Waals surface area contributed by atoms with Gasteiger partial charge in [0, 0.05) is 18.6 Å². The van der Waals surface area contributed by atoms with Crippen LogP contribution in [0.3, 0.4) is 0 Å². The molecule has 0 spiro atoms. The van der Waals surface area contributed by atoms with Crippen molar-refractivity contribution < 1.29 is 4.74 Å². The maximum atomic E-state index is 5.46. The lowest BCUT2D eigenvalue weighted by Gasteiger charge is -2.32. The van der Waals surface area contributed by atoms with Crippen molar-refractivity contribution in [2.24, 2.45) is 10.7 Å². The molecular weight excluding hydrogens is 178 g/mol. The molecule has 0 bridgehead atoms. The Labute approximate surface area is 86.1 Å². The van der Waals surface area contributed by atoms with Crippen LogP contribution in [-0.4, -0.2) is 42.2 Å². The third kappa shape index (κ3) is 2.87. The molecule has 0 radical (unpaired) electrons. The first-order chi connectivity index (χ1) is 6.50. The zero-order valence-corrected chi connectivity index (χ0v) is 9.53. The molecule has 0 saturated heterocycles. The third-order valence-corrected chi connectivity index (χ3v) is 2.48. The molecule has 1 aliphatic heterocycles. The fraction of sp³-hybridized carbons (Fsp3) is 0.900. The lowest BCUT2D eigenvalue weighted by Crippen LogP contribution is -2.43. The van der Waals surface area contributed by atoms with E-state index in [1.807, 2.05) is 0 Å². The quantitative estimate of drug-likeness (QED) is 0.729. The minimum Gasteiger partial charge on any atom is -0.459 e. The maximum Gasteiger partial charge on any atom is 0.282 e. The summed E-state index contributed by atoms with van der Waals surface area (Å²) in [6, 6.07) is 1.39. The number of hydrogen-bond donors (Lipinski definition) is 1. The summed E-state index contributed by atoms with van der Waals surface area (Å²) in [5.41, 5.74) is 5.46. The van der Waals surface area contributed by atoms with Gasteiger partial charge in [0.2, 0.25) is 0 Å². The van der Waals surface area contributed by atoms with Crippen molar-refractivity contribution in [3.63, 3.8) is 0 Å². The standard InChI is InChI=1S/C10H21N3O/c1-7(2)13(8(3)4)6-9-5-12-10(11)14-9/h7-9H,5-6H2,1-4H3,(H2,11,12). The second-order valence-electron chi connectivity index (χ2n) is 4.30. The van der Waals surface area contributed by atoms with Crippen molar-refractivity contribution in [2.75, 3.05) is 13.1 Å². The fourth-order valence-corrected chi connectivity index (χ4v) is 1.79. The van der Waals surface area contributed by atoms with Gasteiger partial charge in [0.1, 0.15) is 6.10 Å². The summed E-state index contributed by atoms with van der Waals surface area (Å²) in [5, 5.41) is 0. The molecule has 1 rings (SSSR count). The Morgan fingerprint density at radius 3 is 2.36 bits per heavy atom. The van der Waals surface area contributed by atoms with E-state index in [4.69, 9.17) is 10.5 Å². The van der Waals surface area contributed by atoms with Crippen molar-refractivity contribution in [1.29, 1.82) is 0 Å². The summed E-state index contributed by atoms with van der Waals surface area (Å²) in [7, 11) is 0. The molecule has 1 heterocycles. The van der Waals surface area contributed by atoms with Gasteiger partial charge in [-0.3, -0.25) is 4.90 Å². The number of ether oxygens (including phenoxy) is 1. The van der Waals surface area contributed by atoms with Gasteiger partial charge in [-0.2, -0.15) is 0 Å². The minimum atomic E-state index is 0.139. The summed E-state index contributed by atoms with van der Waals surface area (Å²) < 4.78 is 5.38. The van der Waals surface area contributed by atoms with Crippen molar-refractivity contribution >= 4 is 6.02 Å². The Kier molecular flexibility index (Phi) is 3.75. The Balaban J connectivity index is 2.41. The highest BCUT2D eigenvalue weighted by molar-refractivity contribution is 5.73. The third-order valence-electron chi connectivity index (χ3n) is 2.48. The van der Waals surface area contributed by atoms with Gasteiger partial charge in [0.15, 0.2) is 0 Å². The SMILES string of the molecule is CC(C)N(CC1CN=C(N)O1)C(C)C. The van der Waals surface area contributed by atoms with E-state index >= 15 is 0 Å². The van der Waals surface area contributed by atoms with Crippen LogP contribution in [0.1, 0.15) is 27.7 Å². The first-order valence-corrected chi connectivity index (χ1v) is 5.23. The van der Waals surface area contributed by atoms with Crippen molar-refractivity contribution in [1.82, 2.24) is 4.90 Å². The predicted molar refractivity (Wildman–Crippen MR) is 58.3 cm³/mol. The predicted octanol–water partition coefficient (Wildman–Crippen LogP) is 0.819. The van der Waals surface area contributed by atoms with E-state index in [1.54, 1.807) is 0 Å². The topological polar surface area (TPSA) is 50.8 Å². The van der Waals surface area contributed by atoms with E-state index in [2.05, 4.69) is 37.6 Å². The molecule has 0 fully saturated rings. The molecule has 0 saturated carbocycles. The van der Waals surface area contributed by atoms with Crippen LogP contribution in [0, 0.1) is 0 Å². The lowest BCUT2D eigenvalue weighted by atomic mass is 10.2. The molecule has 1 aliphatic rings. The van der Waals surface area contributed by atoms with Gasteiger partial charge in [0.05, 0.1) is 6.54 Å². The molecule has 82 valence electrons. The van der Waals surface area contributed by atoms with Gasteiger partial charge in [-0.15, -0.1) is 0 Å². The van der Waals surface area contributed by atoms with Crippen LogP contribution in [-0.2, 0) is 4.74 Å². The van der Waals surface area contributed by atoms with Crippen LogP contribution in [0.4, 0.5) is 0 Å². The number of aliphatic imine (C=N–C) groups is 1. The van der Waals surface area contributed by atoms with Crippen molar-refractivity contribution in [3.05, 3.63) is 0 Å². The zero-order valence-electron chi connectivity index (χ0n) is 9.53. The van der Waals surface area contributed by atoms with Crippen LogP contribution in [0.25, 0.3) is 0 Å². The maximum absolute atomic E-state index is 5.46. The molecule has 4 nitrogen and oxygen atoms in total. The van der Waals surface area contributed by atoms with E-state index in [0.29, 0.717) is 24.7 Å². The summed E-state index contributed by atoms with van der Waals surface area (Å²) in [6.45, 7) is 10.4. The molecule has 0 aromatic heterocycles. The normalized spacial score (nSPS) is 21.9. The summed E-state index contributed by atoms with van der Waals surface area (Å²) in [4.78, 5) is 6.42. The largest absolute Gasteiger partial charge is 0.459 e. The van der Waals surface area contributed by atoms with Crippen molar-refractivity contribution in [3.8, 4) is 0 Å². The van der Waals surface area contributed by atoms with Crippen LogP contribution < -0.4 is 5.73 Å². The molecule has 0 aliphatic carbocycles. The van der Waals surface area contributed by atoms with E-state index < -0.39 is 0 Å². The number of hydrogen-bond acceptors (Lipinski definition) is 4. The highest BCUT2D eigenvalue weighted by Gasteiger charge is 2.23. The number of nitrogens with two attached hydrogens (primary N) is 1. The van der Waals surface area contributed by atoms with E-state index in [1.165, 1.54) is 0 Å². The average Bonchev–Trinajstić information content (AvgIpc) is 2.46. The van der Waals surface area contributed by atoms with Crippen LogP contribution in [0.2, 0.25) is 0 Å². The highest BCUT2D eigenvalue weighted by atomic mass is 16.5. The molecule has 0 aromatic carbocycles. The van der Waals surface area contributed by atoms with Gasteiger partial charge in [-0.25, -0.2) is 4.99 Å². The minimum absolute atomic E-state index is 0.139. The van der Waals surface area contributed by atoms with E-state index in [0.717, 1.165) is 6.54 Å². The number of amidine groups is 1. The van der Waals surface area contributed by atoms with Crippen LogP contribution in [0.15, 0.2) is 4.99 Å². The van der Waals surface area contributed by atoms with Crippen molar-refractivity contribution in [2.45, 2.75) is 45.9 Å². The molecule has 2 N–H and O–H groups in total. The Bertz CT molecular complexity index is 205. The fourth-order valence-electron chi connectivity index (χ4n) is 1.79. The smallest absolute Gasteiger partial charge is 0.282 e. The van der Waals surface area contributed by atoms with Gasteiger partial charge in [0.25, 0.3) is 6.02 Å². The first-order valence-electron chi connectivity index (χ1n) is 5.23. The van der Waals surface area contributed by atoms with Gasteiger partial charge in [-0.1, -0.05) is 0 Å². The Morgan fingerprint density at radius 1 is 1.43 bits per heavy atom. The lowest BCUT2D eigenvalue weighted by molar-refractivity contribution is 0.0982. The molecule has 1 atom stereocenters. The van der Waals surface area contributed by atoms with E-state index in [9.17, 15) is 0 Å². The summed E-state index contributed by atoms with van der Waals surface area (Å²) in [6.07, 6.45) is 0.139.